The van der Waals surface area contributed by atoms with Crippen molar-refractivity contribution in [3.05, 3.63) is 46.9 Å². The molecule has 1 aromatic carbocycles. The van der Waals surface area contributed by atoms with Crippen molar-refractivity contribution in [2.45, 2.75) is 6.92 Å². The van der Waals surface area contributed by atoms with Gasteiger partial charge in [-0.1, -0.05) is 0 Å². The Balaban J connectivity index is 2.34. The lowest BCUT2D eigenvalue weighted by Crippen LogP contribution is -1.99. The molecule has 0 bridgehead atoms. The number of rotatable bonds is 2. The van der Waals surface area contributed by atoms with Gasteiger partial charge < -0.3 is 5.32 Å². The molecule has 0 aliphatic heterocycles. The number of hydrogen-bond donors (Lipinski definition) is 1. The van der Waals surface area contributed by atoms with Crippen LogP contribution in [0.3, 0.4) is 0 Å². The predicted molar refractivity (Wildman–Crippen MR) is 61.4 cm³/mol. The van der Waals surface area contributed by atoms with E-state index >= 15 is 0 Å². The fourth-order valence-electron chi connectivity index (χ4n) is 1.31. The van der Waals surface area contributed by atoms with E-state index in [0.29, 0.717) is 5.82 Å². The van der Waals surface area contributed by atoms with Gasteiger partial charge in [0.05, 0.1) is 0 Å². The van der Waals surface area contributed by atoms with Crippen LogP contribution in [0.25, 0.3) is 0 Å². The van der Waals surface area contributed by atoms with Crippen LogP contribution in [-0.2, 0) is 0 Å². The summed E-state index contributed by atoms with van der Waals surface area (Å²) in [7, 11) is 0. The minimum absolute atomic E-state index is 0.0648. The van der Waals surface area contributed by atoms with Crippen molar-refractivity contribution in [2.24, 2.45) is 0 Å². The molecule has 0 amide bonds. The molecular weight excluding hydrogens is 248 g/mol. The van der Waals surface area contributed by atoms with Crippen molar-refractivity contribution < 1.29 is 8.78 Å². The Morgan fingerprint density at radius 3 is 2.47 bits per heavy atom. The van der Waals surface area contributed by atoms with Gasteiger partial charge in [0.25, 0.3) is 0 Å². The van der Waals surface area contributed by atoms with Gasteiger partial charge in [-0.25, -0.2) is 18.7 Å². The van der Waals surface area contributed by atoms with Gasteiger partial charge in [0.1, 0.15) is 17.5 Å². The number of halogens is 3. The molecule has 0 atom stereocenters. The number of anilines is 2. The van der Waals surface area contributed by atoms with Gasteiger partial charge in [-0.3, -0.25) is 0 Å². The first kappa shape index (κ1) is 11.7. The Kier molecular flexibility index (Phi) is 3.19. The molecule has 1 heterocycles. The maximum atomic E-state index is 13.0. The van der Waals surface area contributed by atoms with E-state index in [1.54, 1.807) is 6.92 Å². The maximum Gasteiger partial charge on any atom is 0.224 e. The normalized spacial score (nSPS) is 10.4. The molecule has 0 spiro atoms. The highest BCUT2D eigenvalue weighted by molar-refractivity contribution is 6.28. The molecule has 3 nitrogen and oxygen atoms in total. The van der Waals surface area contributed by atoms with Gasteiger partial charge in [0.15, 0.2) is 0 Å². The van der Waals surface area contributed by atoms with E-state index in [-0.39, 0.29) is 11.0 Å². The highest BCUT2D eigenvalue weighted by atomic mass is 35.5. The number of nitrogens with zero attached hydrogens (tertiary/aromatic N) is 2. The molecular formula is C11H8ClF2N3. The largest absolute Gasteiger partial charge is 0.340 e. The topological polar surface area (TPSA) is 37.8 Å². The third-order valence-corrected chi connectivity index (χ3v) is 2.25. The number of benzene rings is 1. The molecule has 0 radical (unpaired) electrons. The molecule has 88 valence electrons. The van der Waals surface area contributed by atoms with Crippen LogP contribution in [0.1, 0.15) is 5.56 Å². The van der Waals surface area contributed by atoms with Crippen LogP contribution in [0, 0.1) is 18.6 Å². The Morgan fingerprint density at radius 1 is 1.18 bits per heavy atom. The van der Waals surface area contributed by atoms with E-state index in [4.69, 9.17) is 11.6 Å². The van der Waals surface area contributed by atoms with Crippen LogP contribution in [0.4, 0.5) is 20.3 Å². The fraction of sp³-hybridized carbons (Fsp3) is 0.0909. The highest BCUT2D eigenvalue weighted by Crippen LogP contribution is 2.20. The van der Waals surface area contributed by atoms with Gasteiger partial charge in [-0.05, 0) is 30.7 Å². The first-order chi connectivity index (χ1) is 8.04. The van der Waals surface area contributed by atoms with Gasteiger partial charge in [-0.15, -0.1) is 0 Å². The molecule has 17 heavy (non-hydrogen) atoms. The number of nitrogens with one attached hydrogen (secondary N) is 1. The summed E-state index contributed by atoms with van der Waals surface area (Å²) in [5, 5.41) is 2.84. The van der Waals surface area contributed by atoms with Crippen LogP contribution < -0.4 is 5.32 Å². The summed E-state index contributed by atoms with van der Waals surface area (Å²) in [6.45, 7) is 1.76. The molecule has 2 rings (SSSR count). The van der Waals surface area contributed by atoms with E-state index in [1.165, 1.54) is 18.3 Å². The standard InChI is InChI=1S/C11H8ClF2N3/c1-6-5-15-11(12)17-10(6)16-9-3-7(13)2-8(14)4-9/h2-5H,1H3,(H,15,16,17). The summed E-state index contributed by atoms with van der Waals surface area (Å²) in [4.78, 5) is 7.71. The van der Waals surface area contributed by atoms with E-state index in [9.17, 15) is 8.78 Å². The molecule has 0 fully saturated rings. The van der Waals surface area contributed by atoms with Crippen LogP contribution in [0.15, 0.2) is 24.4 Å². The second-order valence-corrected chi connectivity index (χ2v) is 3.79. The summed E-state index contributed by atoms with van der Waals surface area (Å²) in [6.07, 6.45) is 1.52. The molecule has 0 aliphatic rings. The molecule has 1 N–H and O–H groups in total. The summed E-state index contributed by atoms with van der Waals surface area (Å²) in [6, 6.07) is 3.13. The second-order valence-electron chi connectivity index (χ2n) is 3.45. The fourth-order valence-corrected chi connectivity index (χ4v) is 1.44. The minimum Gasteiger partial charge on any atom is -0.340 e. The van der Waals surface area contributed by atoms with Crippen molar-refractivity contribution in [1.82, 2.24) is 9.97 Å². The van der Waals surface area contributed by atoms with Gasteiger partial charge in [0.2, 0.25) is 5.28 Å². The third-order valence-electron chi connectivity index (χ3n) is 2.07. The van der Waals surface area contributed by atoms with Gasteiger partial charge in [-0.2, -0.15) is 0 Å². The average Bonchev–Trinajstić information content (AvgIpc) is 2.22. The van der Waals surface area contributed by atoms with Crippen molar-refractivity contribution in [3.63, 3.8) is 0 Å². The summed E-state index contributed by atoms with van der Waals surface area (Å²) < 4.78 is 25.9. The molecule has 0 aliphatic carbocycles. The Hall–Kier alpha value is -1.75. The van der Waals surface area contributed by atoms with Crippen molar-refractivity contribution >= 4 is 23.1 Å². The Morgan fingerprint density at radius 2 is 1.82 bits per heavy atom. The van der Waals surface area contributed by atoms with E-state index < -0.39 is 11.6 Å². The smallest absolute Gasteiger partial charge is 0.224 e. The minimum atomic E-state index is -0.662. The molecule has 2 aromatic rings. The summed E-state index contributed by atoms with van der Waals surface area (Å²) in [5.74, 6) is -0.911. The number of aromatic nitrogens is 2. The van der Waals surface area contributed by atoms with Crippen molar-refractivity contribution in [3.8, 4) is 0 Å². The van der Waals surface area contributed by atoms with Crippen LogP contribution in [0.2, 0.25) is 5.28 Å². The highest BCUT2D eigenvalue weighted by Gasteiger charge is 2.05. The molecule has 0 saturated carbocycles. The Bertz CT molecular complexity index is 540. The Labute approximate surface area is 101 Å². The van der Waals surface area contributed by atoms with Crippen LogP contribution in [-0.4, -0.2) is 9.97 Å². The third kappa shape index (κ3) is 2.88. The molecule has 0 unspecified atom stereocenters. The number of hydrogen-bond acceptors (Lipinski definition) is 3. The quantitative estimate of drug-likeness (QED) is 0.835. The maximum absolute atomic E-state index is 13.0. The lowest BCUT2D eigenvalue weighted by molar-refractivity contribution is 0.584. The van der Waals surface area contributed by atoms with Crippen molar-refractivity contribution in [2.75, 3.05) is 5.32 Å². The molecule has 1 aromatic heterocycles. The first-order valence-corrected chi connectivity index (χ1v) is 5.14. The van der Waals surface area contributed by atoms with E-state index in [1.807, 2.05) is 0 Å². The van der Waals surface area contributed by atoms with Crippen LogP contribution >= 0.6 is 11.6 Å². The predicted octanol–water partition coefficient (Wildman–Crippen LogP) is 3.46. The summed E-state index contributed by atoms with van der Waals surface area (Å²) in [5.41, 5.74) is 0.986. The first-order valence-electron chi connectivity index (χ1n) is 4.77. The zero-order valence-electron chi connectivity index (χ0n) is 8.84. The zero-order valence-corrected chi connectivity index (χ0v) is 9.59. The lowest BCUT2D eigenvalue weighted by Gasteiger charge is -2.08. The number of aryl methyl sites for hydroxylation is 1. The average molecular weight is 256 g/mol. The zero-order chi connectivity index (χ0) is 12.4. The molecule has 6 heteroatoms. The van der Waals surface area contributed by atoms with E-state index in [0.717, 1.165) is 11.6 Å². The van der Waals surface area contributed by atoms with Gasteiger partial charge in [0, 0.05) is 23.5 Å². The SMILES string of the molecule is Cc1cnc(Cl)nc1Nc1cc(F)cc(F)c1. The summed E-state index contributed by atoms with van der Waals surface area (Å²) >= 11 is 5.64. The van der Waals surface area contributed by atoms with Crippen molar-refractivity contribution in [1.29, 1.82) is 0 Å². The van der Waals surface area contributed by atoms with Gasteiger partial charge >= 0.3 is 0 Å². The molecule has 0 saturated heterocycles. The lowest BCUT2D eigenvalue weighted by atomic mass is 10.3. The monoisotopic (exact) mass is 255 g/mol. The van der Waals surface area contributed by atoms with Crippen LogP contribution in [0.5, 0.6) is 0 Å². The second kappa shape index (κ2) is 4.63. The van der Waals surface area contributed by atoms with E-state index in [2.05, 4.69) is 15.3 Å².